The number of rotatable bonds is 8. The minimum Gasteiger partial charge on any atom is -0.477 e. The first-order chi connectivity index (χ1) is 21.2. The predicted octanol–water partition coefficient (Wildman–Crippen LogP) is 0.183. The van der Waals surface area contributed by atoms with Crippen molar-refractivity contribution < 1.29 is 42.0 Å². The van der Waals surface area contributed by atoms with Crippen LogP contribution < -0.4 is 14.3 Å². The molecule has 2 aromatic carbocycles. The summed E-state index contributed by atoms with van der Waals surface area (Å²) in [5.74, 6) is -3.19. The summed E-state index contributed by atoms with van der Waals surface area (Å²) in [6, 6.07) is 9.30. The van der Waals surface area contributed by atoms with Crippen LogP contribution in [0, 0.1) is 11.8 Å². The Morgan fingerprint density at radius 2 is 1.69 bits per heavy atom. The second-order valence-electron chi connectivity index (χ2n) is 13.7. The Kier molecular flexibility index (Phi) is 6.58. The molecule has 2 aromatic rings. The molecule has 0 aromatic heterocycles. The normalized spacial score (nSPS) is 32.1. The van der Waals surface area contributed by atoms with Gasteiger partial charge in [-0.25, -0.2) is 9.10 Å². The average molecular weight is 641 g/mol. The number of piperazine rings is 3. The number of quaternary nitrogens is 2. The van der Waals surface area contributed by atoms with E-state index < -0.39 is 46.1 Å². The van der Waals surface area contributed by atoms with Crippen LogP contribution >= 0.6 is 0 Å². The molecule has 2 amide bonds. The van der Waals surface area contributed by atoms with E-state index in [9.17, 15) is 33.0 Å². The zero-order valence-electron chi connectivity index (χ0n) is 25.7. The number of aliphatic hydroxyl groups excluding tert-OH is 1. The molecule has 0 radical (unpaired) electrons. The highest BCUT2D eigenvalue weighted by Crippen LogP contribution is 2.50. The number of aliphatic carboxylic acids is 1. The summed E-state index contributed by atoms with van der Waals surface area (Å²) < 4.78 is 32.0. The molecule has 0 aliphatic carbocycles. The van der Waals surface area contributed by atoms with Crippen molar-refractivity contribution in [1.82, 2.24) is 4.90 Å². The highest BCUT2D eigenvalue weighted by molar-refractivity contribution is 7.94. The van der Waals surface area contributed by atoms with Gasteiger partial charge in [-0.15, -0.1) is 0 Å². The van der Waals surface area contributed by atoms with Gasteiger partial charge < -0.3 is 29.8 Å². The smallest absolute Gasteiger partial charge is 0.352 e. The van der Waals surface area contributed by atoms with Gasteiger partial charge in [-0.2, -0.15) is 8.42 Å². The number of carbonyl (C=O) groups excluding carboxylic acids is 2. The fourth-order valence-electron chi connectivity index (χ4n) is 8.67. The molecule has 4 N–H and O–H groups in total. The van der Waals surface area contributed by atoms with E-state index in [2.05, 4.69) is 12.1 Å². The number of primary amides is 1. The van der Waals surface area contributed by atoms with E-state index in [1.54, 1.807) is 13.0 Å². The standard InChI is InChI=1S/C31H38N6O7S/c1-18-23(29(31(41)42)35-27(18)26(19(2)38)30(35)40)15-34-24-7-6-21-5-4-20(14-22(21)28(24)33(3)45(34,43)44)16-36-8-11-37(12-9-36,13-10-36)17-25(32)39/h4-7,14,18-19,26-27,38H,8-13,15-17H2,1-3H3,(H-2,32,39,41,42)/p+2. The van der Waals surface area contributed by atoms with Crippen molar-refractivity contribution >= 4 is 50.1 Å². The van der Waals surface area contributed by atoms with Gasteiger partial charge in [0.2, 0.25) is 5.91 Å². The number of nitrogens with zero attached hydrogens (tertiary/aromatic N) is 5. The topological polar surface area (TPSA) is 162 Å². The van der Waals surface area contributed by atoms with E-state index in [0.29, 0.717) is 23.5 Å². The molecule has 2 bridgehead atoms. The largest absolute Gasteiger partial charge is 0.477 e. The minimum absolute atomic E-state index is 0.195. The summed E-state index contributed by atoms with van der Waals surface area (Å²) >= 11 is 0. The van der Waals surface area contributed by atoms with Gasteiger partial charge in [0.05, 0.1) is 36.0 Å². The second-order valence-corrected chi connectivity index (χ2v) is 15.6. The van der Waals surface area contributed by atoms with Gasteiger partial charge in [-0.1, -0.05) is 25.1 Å². The Hall–Kier alpha value is -3.72. The van der Waals surface area contributed by atoms with Crippen LogP contribution in [0.3, 0.4) is 0 Å². The summed E-state index contributed by atoms with van der Waals surface area (Å²) in [7, 11) is -2.55. The maximum atomic E-state index is 13.9. The number of β-lactam (4-membered cyclic amide) rings is 1. The molecule has 8 rings (SSSR count). The molecule has 6 aliphatic rings. The number of benzene rings is 2. The van der Waals surface area contributed by atoms with E-state index in [-0.39, 0.29) is 18.1 Å². The van der Waals surface area contributed by atoms with Crippen molar-refractivity contribution in [3.8, 4) is 0 Å². The summed E-state index contributed by atoms with van der Waals surface area (Å²) in [4.78, 5) is 38.1. The summed E-state index contributed by atoms with van der Waals surface area (Å²) in [5.41, 5.74) is 7.78. The van der Waals surface area contributed by atoms with Crippen molar-refractivity contribution in [2.45, 2.75) is 32.5 Å². The number of hydrogen-bond acceptors (Lipinski definition) is 6. The van der Waals surface area contributed by atoms with E-state index in [4.69, 9.17) is 5.73 Å². The van der Waals surface area contributed by atoms with Crippen molar-refractivity contribution in [2.75, 3.05) is 68.0 Å². The third-order valence-corrected chi connectivity index (χ3v) is 13.0. The van der Waals surface area contributed by atoms with E-state index in [1.165, 1.54) is 27.5 Å². The maximum Gasteiger partial charge on any atom is 0.352 e. The number of carboxylic acids is 1. The molecule has 6 heterocycles. The number of anilines is 2. The van der Waals surface area contributed by atoms with Gasteiger partial charge in [0.25, 0.3) is 5.91 Å². The number of carbonyl (C=O) groups is 3. The first kappa shape index (κ1) is 30.0. The Labute approximate surface area is 262 Å². The predicted molar refractivity (Wildman–Crippen MR) is 166 cm³/mol. The second kappa shape index (κ2) is 9.89. The van der Waals surface area contributed by atoms with Gasteiger partial charge in [0, 0.05) is 23.9 Å². The lowest BCUT2D eigenvalue weighted by atomic mass is 9.78. The third kappa shape index (κ3) is 4.29. The van der Waals surface area contributed by atoms with Crippen molar-refractivity contribution in [3.05, 3.63) is 47.2 Å². The molecule has 4 fully saturated rings. The molecular weight excluding hydrogens is 600 g/mol. The van der Waals surface area contributed by atoms with E-state index >= 15 is 0 Å². The third-order valence-electron chi connectivity index (χ3n) is 11.2. The maximum absolute atomic E-state index is 13.9. The van der Waals surface area contributed by atoms with Gasteiger partial charge in [-0.05, 0) is 30.0 Å². The Balaban J connectivity index is 1.22. The van der Waals surface area contributed by atoms with Crippen LogP contribution in [0.1, 0.15) is 19.4 Å². The van der Waals surface area contributed by atoms with Gasteiger partial charge in [-0.3, -0.25) is 13.9 Å². The summed E-state index contributed by atoms with van der Waals surface area (Å²) in [6.45, 7) is 9.88. The summed E-state index contributed by atoms with van der Waals surface area (Å²) in [5, 5.41) is 22.0. The number of fused-ring (bicyclic) bond motifs is 7. The van der Waals surface area contributed by atoms with Gasteiger partial charge in [0.15, 0.2) is 6.54 Å². The molecule has 4 saturated heterocycles. The first-order valence-electron chi connectivity index (χ1n) is 15.5. The Morgan fingerprint density at radius 1 is 1.07 bits per heavy atom. The molecule has 45 heavy (non-hydrogen) atoms. The quantitative estimate of drug-likeness (QED) is 0.274. The lowest BCUT2D eigenvalue weighted by Crippen LogP contribution is -2.75. The highest BCUT2D eigenvalue weighted by Gasteiger charge is 2.60. The number of carboxylic acid groups (broad SMARTS) is 1. The van der Waals surface area contributed by atoms with Crippen molar-refractivity contribution in [3.63, 3.8) is 0 Å². The summed E-state index contributed by atoms with van der Waals surface area (Å²) in [6.07, 6.45) is -0.948. The molecule has 0 spiro atoms. The Bertz CT molecular complexity index is 1780. The number of aliphatic hydroxyl groups is 1. The monoisotopic (exact) mass is 640 g/mol. The molecule has 13 nitrogen and oxygen atoms in total. The minimum atomic E-state index is -4.06. The number of nitrogens with two attached hydrogens (primary N) is 1. The van der Waals surface area contributed by atoms with Crippen LogP contribution in [-0.2, 0) is 31.1 Å². The van der Waals surface area contributed by atoms with Gasteiger partial charge >= 0.3 is 16.2 Å². The Morgan fingerprint density at radius 3 is 2.29 bits per heavy atom. The number of amides is 2. The molecule has 240 valence electrons. The zero-order chi connectivity index (χ0) is 32.2. The van der Waals surface area contributed by atoms with Crippen molar-refractivity contribution in [2.24, 2.45) is 17.6 Å². The molecule has 4 atom stereocenters. The van der Waals surface area contributed by atoms with Crippen LogP contribution in [0.15, 0.2) is 41.6 Å². The molecule has 4 unspecified atom stereocenters. The lowest BCUT2D eigenvalue weighted by Gasteiger charge is -2.55. The lowest BCUT2D eigenvalue weighted by molar-refractivity contribution is -1.08. The molecule has 6 aliphatic heterocycles. The van der Waals surface area contributed by atoms with Crippen LogP contribution in [-0.4, -0.2) is 122 Å². The average Bonchev–Trinajstić information content (AvgIpc) is 3.33. The molecular formula is C31H40N6O7S+2. The molecule has 14 heteroatoms. The van der Waals surface area contributed by atoms with E-state index in [1.807, 2.05) is 12.1 Å². The van der Waals surface area contributed by atoms with Crippen LogP contribution in [0.4, 0.5) is 11.4 Å². The zero-order valence-corrected chi connectivity index (χ0v) is 26.5. The number of hydrogen-bond donors (Lipinski definition) is 3. The van der Waals surface area contributed by atoms with Crippen LogP contribution in [0.25, 0.3) is 10.8 Å². The highest BCUT2D eigenvalue weighted by atomic mass is 32.2. The van der Waals surface area contributed by atoms with Crippen LogP contribution in [0.5, 0.6) is 0 Å². The molecule has 0 saturated carbocycles. The fourth-order valence-corrected chi connectivity index (χ4v) is 10.1. The van der Waals surface area contributed by atoms with Gasteiger partial charge in [0.1, 0.15) is 51.5 Å². The fraction of sp³-hybridized carbons (Fsp3) is 0.516. The first-order valence-corrected chi connectivity index (χ1v) is 16.9. The van der Waals surface area contributed by atoms with Crippen LogP contribution in [0.2, 0.25) is 0 Å². The SMILES string of the molecule is CC(O)C1C(=O)N2C(C(=O)O)=C(CN3c4ccc5ccc(C[N+]67CC[N+](CC(N)=O)(CC6)CC7)cc5c4N(C)S3(=O)=O)C(C)C12. The van der Waals surface area contributed by atoms with E-state index in [0.717, 1.165) is 71.1 Å². The van der Waals surface area contributed by atoms with Crippen molar-refractivity contribution in [1.29, 1.82) is 0 Å².